The molecule has 45 heavy (non-hydrogen) atoms. The molecule has 234 valence electrons. The summed E-state index contributed by atoms with van der Waals surface area (Å²) in [6.07, 6.45) is 3.93. The quantitative estimate of drug-likeness (QED) is 0.171. The maximum absolute atomic E-state index is 13.9. The molecular weight excluding hydrogens is 675 g/mol. The second kappa shape index (κ2) is 14.3. The highest BCUT2D eigenvalue weighted by Gasteiger charge is 2.32. The zero-order valence-corrected chi connectivity index (χ0v) is 27.9. The smallest absolute Gasteiger partial charge is 0.286 e. The number of amides is 1. The van der Waals surface area contributed by atoms with Crippen LogP contribution in [0.4, 0.5) is 0 Å². The van der Waals surface area contributed by atoms with Crippen molar-refractivity contribution >= 4 is 63.3 Å². The number of nitrogens with zero attached hydrogens (tertiary/aromatic N) is 5. The van der Waals surface area contributed by atoms with Crippen molar-refractivity contribution in [2.45, 2.75) is 32.2 Å². The van der Waals surface area contributed by atoms with Gasteiger partial charge < -0.3 is 4.55 Å². The van der Waals surface area contributed by atoms with Gasteiger partial charge in [-0.1, -0.05) is 53.1 Å². The van der Waals surface area contributed by atoms with Crippen molar-refractivity contribution < 1.29 is 13.6 Å². The van der Waals surface area contributed by atoms with Crippen molar-refractivity contribution in [3.63, 3.8) is 0 Å². The van der Waals surface area contributed by atoms with Crippen molar-refractivity contribution in [3.8, 4) is 28.1 Å². The number of halogens is 3. The molecule has 0 bridgehead atoms. The van der Waals surface area contributed by atoms with Gasteiger partial charge in [-0.05, 0) is 73.9 Å². The molecule has 0 spiro atoms. The summed E-state index contributed by atoms with van der Waals surface area (Å²) in [7, 11) is 0. The zero-order chi connectivity index (χ0) is 31.5. The number of thiophene rings is 1. The van der Waals surface area contributed by atoms with Crippen LogP contribution in [0.15, 0.2) is 54.6 Å². The molecule has 2 aromatic carbocycles. The summed E-state index contributed by atoms with van der Waals surface area (Å²) in [5, 5.41) is 9.83. The van der Waals surface area contributed by atoms with Gasteiger partial charge in [0.2, 0.25) is 0 Å². The average molecular weight is 703 g/mol. The highest BCUT2D eigenvalue weighted by atomic mass is 35.5. The normalized spacial score (nSPS) is 16.2. The summed E-state index contributed by atoms with van der Waals surface area (Å²) in [4.78, 5) is 15.4. The second-order valence-electron chi connectivity index (χ2n) is 10.6. The van der Waals surface area contributed by atoms with E-state index in [2.05, 4.69) is 17.3 Å². The Morgan fingerprint density at radius 1 is 0.956 bits per heavy atom. The lowest BCUT2D eigenvalue weighted by Crippen LogP contribution is -2.51. The number of piperidine rings is 1. The van der Waals surface area contributed by atoms with Gasteiger partial charge in [0.15, 0.2) is 5.69 Å². The third-order valence-electron chi connectivity index (χ3n) is 7.58. The summed E-state index contributed by atoms with van der Waals surface area (Å²) in [6, 6.07) is 16.1. The van der Waals surface area contributed by atoms with E-state index in [-0.39, 0.29) is 12.2 Å². The molecule has 14 heteroatoms. The Kier molecular flexibility index (Phi) is 10.3. The molecule has 1 atom stereocenters. The first kappa shape index (κ1) is 32.2. The molecule has 0 aliphatic carbocycles. The first-order valence-corrected chi connectivity index (χ1v) is 17.4. The molecule has 0 radical (unpaired) electrons. The Morgan fingerprint density at radius 3 is 2.36 bits per heavy atom. The molecule has 2 aromatic heterocycles. The standard InChI is InChI=1S/C31H29Cl3N6O3S2/c32-22-8-5-21(6-9-22)7-11-24-12-14-28(44-24)30-25(20-39(45(42)43)38-17-4-18-38)29(31(41)36-37-15-2-1-3-16-37)35-40(30)27-13-10-23(33)19-26(27)34/h5-6,8-10,12-14,19H,1-4,15-18,20H2,(H,36,41)(H,42,43)/p-1. The van der Waals surface area contributed by atoms with Crippen LogP contribution in [0, 0.1) is 11.8 Å². The van der Waals surface area contributed by atoms with Crippen molar-refractivity contribution in [1.82, 2.24) is 29.6 Å². The lowest BCUT2D eigenvalue weighted by atomic mass is 10.1. The minimum Gasteiger partial charge on any atom is -0.759 e. The molecule has 1 N–H and O–H groups in total. The van der Waals surface area contributed by atoms with Gasteiger partial charge in [-0.2, -0.15) is 9.51 Å². The van der Waals surface area contributed by atoms with Crippen LogP contribution in [0.25, 0.3) is 16.3 Å². The van der Waals surface area contributed by atoms with Gasteiger partial charge >= 0.3 is 0 Å². The van der Waals surface area contributed by atoms with Crippen LogP contribution in [0.1, 0.15) is 52.2 Å². The second-order valence-corrected chi connectivity index (χ2v) is 13.8. The maximum Gasteiger partial charge on any atom is 0.286 e. The minimum atomic E-state index is -2.58. The molecule has 4 heterocycles. The number of hydrogen-bond donors (Lipinski definition) is 1. The van der Waals surface area contributed by atoms with Crippen LogP contribution in [0.5, 0.6) is 0 Å². The highest BCUT2D eigenvalue weighted by molar-refractivity contribution is 7.76. The van der Waals surface area contributed by atoms with Gasteiger partial charge in [-0.25, -0.2) is 14.7 Å². The first-order valence-electron chi connectivity index (χ1n) is 14.4. The molecule has 2 saturated heterocycles. The number of hydrazine groups is 2. The highest BCUT2D eigenvalue weighted by Crippen LogP contribution is 2.38. The van der Waals surface area contributed by atoms with Crippen LogP contribution < -0.4 is 5.43 Å². The van der Waals surface area contributed by atoms with Crippen LogP contribution in [-0.4, -0.2) is 65.1 Å². The fourth-order valence-electron chi connectivity index (χ4n) is 5.17. The third kappa shape index (κ3) is 7.46. The topological polar surface area (TPSA) is 96.8 Å². The van der Waals surface area contributed by atoms with Crippen molar-refractivity contribution in [3.05, 3.63) is 91.4 Å². The van der Waals surface area contributed by atoms with E-state index in [1.807, 2.05) is 29.3 Å². The van der Waals surface area contributed by atoms with E-state index in [1.54, 1.807) is 40.0 Å². The van der Waals surface area contributed by atoms with Crippen LogP contribution in [0.3, 0.4) is 0 Å². The number of carbonyl (C=O) groups excluding carboxylic acids is 1. The predicted octanol–water partition coefficient (Wildman–Crippen LogP) is 6.31. The van der Waals surface area contributed by atoms with Gasteiger partial charge in [0.25, 0.3) is 5.91 Å². The minimum absolute atomic E-state index is 0.0942. The molecule has 4 aromatic rings. The Hall–Kier alpha value is -2.76. The van der Waals surface area contributed by atoms with Crippen molar-refractivity contribution in [1.29, 1.82) is 0 Å². The van der Waals surface area contributed by atoms with Gasteiger partial charge in [0.05, 0.1) is 32.7 Å². The summed E-state index contributed by atoms with van der Waals surface area (Å²) in [6.45, 7) is 2.55. The Morgan fingerprint density at radius 2 is 1.69 bits per heavy atom. The maximum atomic E-state index is 13.9. The lowest BCUT2D eigenvalue weighted by Gasteiger charge is -2.41. The number of hydrogen-bond acceptors (Lipinski definition) is 7. The van der Waals surface area contributed by atoms with Crippen LogP contribution in [-0.2, 0) is 17.8 Å². The van der Waals surface area contributed by atoms with E-state index in [4.69, 9.17) is 39.9 Å². The lowest BCUT2D eigenvalue weighted by molar-refractivity contribution is -0.00760. The van der Waals surface area contributed by atoms with E-state index in [0.717, 1.165) is 54.1 Å². The zero-order valence-electron chi connectivity index (χ0n) is 24.0. The molecule has 9 nitrogen and oxygen atoms in total. The average Bonchev–Trinajstić information content (AvgIpc) is 3.61. The molecular formula is C31H28Cl3N6O3S2-. The number of carbonyl (C=O) groups is 1. The van der Waals surface area contributed by atoms with Gasteiger partial charge in [0, 0.05) is 58.6 Å². The molecule has 0 saturated carbocycles. The van der Waals surface area contributed by atoms with E-state index in [0.29, 0.717) is 45.1 Å². The van der Waals surface area contributed by atoms with Gasteiger partial charge in [-0.15, -0.1) is 11.3 Å². The first-order chi connectivity index (χ1) is 21.8. The summed E-state index contributed by atoms with van der Waals surface area (Å²) < 4.78 is 27.8. The Bertz CT molecular complexity index is 1790. The number of aromatic nitrogens is 2. The molecule has 1 unspecified atom stereocenters. The van der Waals surface area contributed by atoms with Gasteiger partial charge in [0.1, 0.15) is 0 Å². The summed E-state index contributed by atoms with van der Waals surface area (Å²) in [5.41, 5.74) is 5.41. The van der Waals surface area contributed by atoms with E-state index in [9.17, 15) is 13.6 Å². The number of benzene rings is 2. The largest absolute Gasteiger partial charge is 0.759 e. The number of rotatable bonds is 8. The SMILES string of the molecule is O=C(NN1CCCCC1)c1nn(-c2ccc(Cl)cc2Cl)c(-c2ccc(C#Cc3ccc(Cl)cc3)s2)c1CN(N1CCC1)S(=O)[O-]. The predicted molar refractivity (Wildman–Crippen MR) is 178 cm³/mol. The fraction of sp³-hybridized carbons (Fsp3) is 0.290. The number of nitrogens with one attached hydrogen (secondary N) is 1. The Labute approximate surface area is 283 Å². The monoisotopic (exact) mass is 701 g/mol. The molecule has 6 rings (SSSR count). The summed E-state index contributed by atoms with van der Waals surface area (Å²) in [5.74, 6) is 5.93. The van der Waals surface area contributed by atoms with E-state index < -0.39 is 17.2 Å². The van der Waals surface area contributed by atoms with Crippen LogP contribution in [0.2, 0.25) is 15.1 Å². The van der Waals surface area contributed by atoms with Gasteiger partial charge in [-0.3, -0.25) is 14.4 Å². The van der Waals surface area contributed by atoms with E-state index in [1.165, 1.54) is 15.8 Å². The van der Waals surface area contributed by atoms with Crippen molar-refractivity contribution in [2.24, 2.45) is 0 Å². The third-order valence-corrected chi connectivity index (χ3v) is 10.1. The van der Waals surface area contributed by atoms with Crippen LogP contribution >= 0.6 is 46.1 Å². The molecule has 2 aliphatic heterocycles. The fourth-order valence-corrected chi connectivity index (χ4v) is 7.29. The van der Waals surface area contributed by atoms with Crippen molar-refractivity contribution in [2.75, 3.05) is 26.2 Å². The summed E-state index contributed by atoms with van der Waals surface area (Å²) >= 11 is 17.8. The van der Waals surface area contributed by atoms with E-state index >= 15 is 0 Å². The molecule has 1 amide bonds. The Balaban J connectivity index is 1.49. The molecule has 2 fully saturated rings. The molecule has 2 aliphatic rings.